The Balaban J connectivity index is 2.40. The topological polar surface area (TPSA) is 0 Å². The fraction of sp³-hybridized carbons (Fsp3) is 0.333. The normalized spacial score (nSPS) is 34.7. The van der Waals surface area contributed by atoms with Crippen molar-refractivity contribution in [2.45, 2.75) is 37.4 Å². The molecule has 1 spiro atoms. The summed E-state index contributed by atoms with van der Waals surface area (Å²) in [4.78, 5) is 0. The van der Waals surface area contributed by atoms with Gasteiger partial charge in [-0.2, -0.15) is 0 Å². The zero-order chi connectivity index (χ0) is 22.5. The van der Waals surface area contributed by atoms with E-state index < -0.39 is 66.5 Å². The van der Waals surface area contributed by atoms with Crippen LogP contribution in [0.2, 0.25) is 0 Å². The summed E-state index contributed by atoms with van der Waals surface area (Å²) >= 11 is 0. The minimum atomic E-state index is -2.36. The molecule has 0 heterocycles. The number of rotatable bonds is 0. The molecule has 18 heavy (non-hydrogen) atoms. The highest BCUT2D eigenvalue weighted by molar-refractivity contribution is 5.81. The number of benzene rings is 2. The summed E-state index contributed by atoms with van der Waals surface area (Å²) in [6.45, 7) is 0. The van der Waals surface area contributed by atoms with E-state index in [0.717, 1.165) is 0 Å². The summed E-state index contributed by atoms with van der Waals surface area (Å²) in [7, 11) is 0. The molecule has 1 fully saturated rings. The molecule has 2 aromatic rings. The predicted molar refractivity (Wildman–Crippen MR) is 75.7 cm³/mol. The van der Waals surface area contributed by atoms with Crippen LogP contribution in [0.3, 0.4) is 0 Å². The first-order valence-electron chi connectivity index (χ1n) is 12.0. The number of fused-ring (bicyclic) bond motifs is 5. The van der Waals surface area contributed by atoms with Gasteiger partial charge in [-0.25, -0.2) is 0 Å². The van der Waals surface area contributed by atoms with E-state index >= 15 is 0 Å². The van der Waals surface area contributed by atoms with Crippen LogP contribution in [-0.4, -0.2) is 0 Å². The zero-order valence-electron chi connectivity index (χ0n) is 21.6. The molecule has 0 nitrogen and oxygen atoms in total. The predicted octanol–water partition coefficient (Wildman–Crippen LogP) is 4.92. The van der Waals surface area contributed by atoms with Gasteiger partial charge in [0, 0.05) is 10.9 Å². The molecule has 0 saturated heterocycles. The summed E-state index contributed by atoms with van der Waals surface area (Å²) in [5, 5.41) is 0. The molecule has 0 aromatic heterocycles. The van der Waals surface area contributed by atoms with Crippen molar-refractivity contribution >= 4 is 0 Å². The molecular weight excluding hydrogens is 216 g/mol. The SMILES string of the molecule is [2H]c1c([2H])c([2H])c2c(c1[2H])-c1c([2H])c([2H])c([2H])c([2H])c1C21C([2H])([2H])CCCC1([2H])[2H]. The molecule has 4 rings (SSSR count). The monoisotopic (exact) mass is 246 g/mol. The lowest BCUT2D eigenvalue weighted by molar-refractivity contribution is 0.353. The average Bonchev–Trinajstić information content (AvgIpc) is 3.00. The molecule has 0 unspecified atom stereocenters. The van der Waals surface area contributed by atoms with Crippen LogP contribution in [0.1, 0.15) is 59.6 Å². The summed E-state index contributed by atoms with van der Waals surface area (Å²) < 4.78 is 101. The molecule has 0 amide bonds. The molecule has 0 bridgehead atoms. The summed E-state index contributed by atoms with van der Waals surface area (Å²) in [5.74, 6) is 0. The van der Waals surface area contributed by atoms with E-state index in [4.69, 9.17) is 16.4 Å². The van der Waals surface area contributed by atoms with E-state index in [9.17, 15) is 0 Å². The van der Waals surface area contributed by atoms with E-state index in [1.165, 1.54) is 0 Å². The first-order chi connectivity index (χ1) is 13.7. The zero-order valence-corrected chi connectivity index (χ0v) is 9.62. The van der Waals surface area contributed by atoms with Gasteiger partial charge in [0.05, 0.1) is 11.0 Å². The van der Waals surface area contributed by atoms with Crippen LogP contribution < -0.4 is 0 Å². The van der Waals surface area contributed by atoms with Gasteiger partial charge < -0.3 is 0 Å². The maximum absolute atomic E-state index is 8.79. The van der Waals surface area contributed by atoms with E-state index in [1.54, 1.807) is 0 Å². The third kappa shape index (κ3) is 1.21. The Labute approximate surface area is 126 Å². The van der Waals surface area contributed by atoms with E-state index in [2.05, 4.69) is 0 Å². The molecule has 0 atom stereocenters. The smallest absolute Gasteiger partial charge is 0.0619 e. The Morgan fingerprint density at radius 1 is 0.778 bits per heavy atom. The molecule has 2 aliphatic carbocycles. The van der Waals surface area contributed by atoms with Gasteiger partial charge in [-0.1, -0.05) is 67.6 Å². The van der Waals surface area contributed by atoms with Crippen molar-refractivity contribution in [3.63, 3.8) is 0 Å². The quantitative estimate of drug-likeness (QED) is 0.619. The second-order valence-corrected chi connectivity index (χ2v) is 4.46. The van der Waals surface area contributed by atoms with Gasteiger partial charge in [-0.05, 0) is 35.0 Å². The first-order valence-corrected chi connectivity index (χ1v) is 5.96. The lowest BCUT2D eigenvalue weighted by atomic mass is 9.68. The van der Waals surface area contributed by atoms with Gasteiger partial charge in [0.2, 0.25) is 0 Å². The van der Waals surface area contributed by atoms with Crippen LogP contribution in [0.15, 0.2) is 48.3 Å². The lowest BCUT2D eigenvalue weighted by Gasteiger charge is -2.35. The Hall–Kier alpha value is -1.56. The van der Waals surface area contributed by atoms with Gasteiger partial charge >= 0.3 is 0 Å². The summed E-state index contributed by atoms with van der Waals surface area (Å²) in [5.41, 5.74) is -3.40. The molecule has 0 heteroatoms. The fourth-order valence-corrected chi connectivity index (χ4v) is 2.74. The van der Waals surface area contributed by atoms with Crippen molar-refractivity contribution in [1.29, 1.82) is 0 Å². The molecule has 0 aliphatic heterocycles. The van der Waals surface area contributed by atoms with Crippen LogP contribution in [-0.2, 0) is 5.41 Å². The van der Waals surface area contributed by atoms with Gasteiger partial charge in [-0.15, -0.1) is 0 Å². The van der Waals surface area contributed by atoms with Gasteiger partial charge in [0.1, 0.15) is 0 Å². The largest absolute Gasteiger partial charge is 0.0629 e. The maximum atomic E-state index is 8.79. The lowest BCUT2D eigenvalue weighted by Crippen LogP contribution is -2.27. The number of hydrogen-bond acceptors (Lipinski definition) is 0. The van der Waals surface area contributed by atoms with E-state index in [-0.39, 0.29) is 41.5 Å². The fourth-order valence-electron chi connectivity index (χ4n) is 2.74. The van der Waals surface area contributed by atoms with Crippen molar-refractivity contribution in [1.82, 2.24) is 0 Å². The Bertz CT molecular complexity index is 1030. The molecule has 1 saturated carbocycles. The van der Waals surface area contributed by atoms with Crippen LogP contribution in [0.25, 0.3) is 11.1 Å². The Kier molecular flexibility index (Phi) is 0.818. The van der Waals surface area contributed by atoms with Crippen molar-refractivity contribution in [3.05, 3.63) is 59.5 Å². The van der Waals surface area contributed by atoms with Crippen molar-refractivity contribution in [2.75, 3.05) is 0 Å². The van der Waals surface area contributed by atoms with Crippen LogP contribution in [0.4, 0.5) is 0 Å². The van der Waals surface area contributed by atoms with Gasteiger partial charge in [0.25, 0.3) is 0 Å². The van der Waals surface area contributed by atoms with Crippen LogP contribution >= 0.6 is 0 Å². The highest BCUT2D eigenvalue weighted by Gasteiger charge is 2.42. The van der Waals surface area contributed by atoms with E-state index in [1.807, 2.05) is 0 Å². The Morgan fingerprint density at radius 3 is 1.83 bits per heavy atom. The van der Waals surface area contributed by atoms with Crippen LogP contribution in [0.5, 0.6) is 0 Å². The van der Waals surface area contributed by atoms with Gasteiger partial charge in [-0.3, -0.25) is 0 Å². The summed E-state index contributed by atoms with van der Waals surface area (Å²) in [6, 6.07) is -4.91. The number of hydrogen-bond donors (Lipinski definition) is 0. The maximum Gasteiger partial charge on any atom is 0.0629 e. The van der Waals surface area contributed by atoms with Crippen molar-refractivity contribution in [3.8, 4) is 11.1 Å². The summed E-state index contributed by atoms with van der Waals surface area (Å²) in [6.07, 6.45) is -4.74. The third-order valence-corrected chi connectivity index (χ3v) is 3.51. The molecule has 0 radical (unpaired) electrons. The highest BCUT2D eigenvalue weighted by atomic mass is 14.5. The Morgan fingerprint density at radius 2 is 1.28 bits per heavy atom. The first kappa shape index (κ1) is 3.96. The average molecular weight is 246 g/mol. The molecule has 2 aromatic carbocycles. The van der Waals surface area contributed by atoms with Crippen molar-refractivity contribution < 1.29 is 16.4 Å². The van der Waals surface area contributed by atoms with Gasteiger partial charge in [0.15, 0.2) is 0 Å². The highest BCUT2D eigenvalue weighted by Crippen LogP contribution is 2.55. The third-order valence-electron chi connectivity index (χ3n) is 3.51. The second-order valence-electron chi connectivity index (χ2n) is 4.46. The van der Waals surface area contributed by atoms with Crippen molar-refractivity contribution in [2.24, 2.45) is 0 Å². The van der Waals surface area contributed by atoms with Crippen LogP contribution in [0, 0.1) is 0 Å². The standard InChI is InChI=1S/C18H18/c1-6-12-18(13-7-1)16-10-4-2-8-14(16)15-9-3-5-11-17(15)18/h2-5,8-11H,1,6-7,12-13H2/i2D,3D,4D,5D,8D,9D,10D,11D,12D2,13D2. The molecule has 2 aliphatic rings. The molecular formula is C18H18. The molecule has 0 N–H and O–H groups in total. The second kappa shape index (κ2) is 3.71. The minimum absolute atomic E-state index is 0.114. The van der Waals surface area contributed by atoms with E-state index in [0.29, 0.717) is 0 Å². The molecule has 90 valence electrons. The minimum Gasteiger partial charge on any atom is -0.0619 e.